The second-order valence-electron chi connectivity index (χ2n) is 2.06. The van der Waals surface area contributed by atoms with Gasteiger partial charge in [0.2, 0.25) is 0 Å². The summed E-state index contributed by atoms with van der Waals surface area (Å²) in [6.45, 7) is 0. The van der Waals surface area contributed by atoms with Gasteiger partial charge in [0.1, 0.15) is 0 Å². The summed E-state index contributed by atoms with van der Waals surface area (Å²) in [5.41, 5.74) is 0.741. The van der Waals surface area contributed by atoms with Crippen molar-refractivity contribution in [3.05, 3.63) is 34.3 Å². The third-order valence-electron chi connectivity index (χ3n) is 1.29. The summed E-state index contributed by atoms with van der Waals surface area (Å²) in [6.07, 6.45) is 0. The minimum Gasteiger partial charge on any atom is -0.293 e. The van der Waals surface area contributed by atoms with Gasteiger partial charge in [-0.3, -0.25) is 4.79 Å². The van der Waals surface area contributed by atoms with Crippen LogP contribution < -0.4 is 0 Å². The Labute approximate surface area is 98.6 Å². The number of carbonyl (C=O) groups excluding carboxylic acids is 1. The second-order valence-corrected chi connectivity index (χ2v) is 3.54. The van der Waals surface area contributed by atoms with Crippen LogP contribution in [-0.2, 0) is 0 Å². The lowest BCUT2D eigenvalue weighted by molar-refractivity contribution is 0.102. The second kappa shape index (κ2) is 5.89. The highest BCUT2D eigenvalue weighted by molar-refractivity contribution is 9.10. The molecule has 0 aliphatic heterocycles. The van der Waals surface area contributed by atoms with Gasteiger partial charge < -0.3 is 0 Å². The van der Waals surface area contributed by atoms with Crippen molar-refractivity contribution in [2.75, 3.05) is 5.33 Å². The molecule has 0 heterocycles. The van der Waals surface area contributed by atoms with E-state index in [9.17, 15) is 4.79 Å². The molecule has 0 aliphatic rings. The van der Waals surface area contributed by atoms with Gasteiger partial charge in [0.05, 0.1) is 5.33 Å². The zero-order valence-electron chi connectivity index (χ0n) is 6.09. The zero-order chi connectivity index (χ0) is 8.27. The highest BCUT2D eigenvalue weighted by Gasteiger charge is 2.01. The fourth-order valence-corrected chi connectivity index (χ4v) is 1.30. The van der Waals surface area contributed by atoms with E-state index in [0.29, 0.717) is 5.33 Å². The third-order valence-corrected chi connectivity index (χ3v) is 2.33. The number of hydrogen-bond donors (Lipinski definition) is 0. The Morgan fingerprint density at radius 3 is 2.17 bits per heavy atom. The first-order chi connectivity index (χ1) is 5.24. The highest BCUT2D eigenvalue weighted by Crippen LogP contribution is 2.11. The monoisotopic (exact) mass is 356 g/mol. The molecular formula is C8H7Br3O. The van der Waals surface area contributed by atoms with Crippen LogP contribution in [0, 0.1) is 0 Å². The molecule has 0 saturated heterocycles. The Balaban J connectivity index is 0.00000121. The lowest BCUT2D eigenvalue weighted by Gasteiger charge is -1.95. The van der Waals surface area contributed by atoms with Crippen LogP contribution in [0.25, 0.3) is 0 Å². The molecule has 0 bridgehead atoms. The maximum atomic E-state index is 11.1. The van der Waals surface area contributed by atoms with Crippen molar-refractivity contribution in [2.45, 2.75) is 0 Å². The average molecular weight is 359 g/mol. The van der Waals surface area contributed by atoms with E-state index in [0.717, 1.165) is 10.0 Å². The van der Waals surface area contributed by atoms with Crippen LogP contribution in [0.5, 0.6) is 0 Å². The molecular weight excluding hydrogens is 352 g/mol. The van der Waals surface area contributed by atoms with Crippen LogP contribution in [0.3, 0.4) is 0 Å². The van der Waals surface area contributed by atoms with E-state index in [2.05, 4.69) is 31.9 Å². The quantitative estimate of drug-likeness (QED) is 0.583. The topological polar surface area (TPSA) is 17.1 Å². The summed E-state index contributed by atoms with van der Waals surface area (Å²) in [5.74, 6) is 0.109. The Bertz CT molecular complexity index is 256. The first kappa shape index (κ1) is 12.3. The van der Waals surface area contributed by atoms with E-state index >= 15 is 0 Å². The summed E-state index contributed by atoms with van der Waals surface area (Å²) in [4.78, 5) is 11.1. The summed E-state index contributed by atoms with van der Waals surface area (Å²) in [6, 6.07) is 7.31. The minimum atomic E-state index is 0. The van der Waals surface area contributed by atoms with Gasteiger partial charge in [0.25, 0.3) is 0 Å². The smallest absolute Gasteiger partial charge is 0.173 e. The van der Waals surface area contributed by atoms with E-state index < -0.39 is 0 Å². The van der Waals surface area contributed by atoms with E-state index in [1.807, 2.05) is 12.1 Å². The number of ketones is 1. The zero-order valence-corrected chi connectivity index (χ0v) is 11.0. The van der Waals surface area contributed by atoms with Crippen molar-refractivity contribution < 1.29 is 4.79 Å². The highest BCUT2D eigenvalue weighted by atomic mass is 79.9. The predicted octanol–water partition coefficient (Wildman–Crippen LogP) is 3.60. The van der Waals surface area contributed by atoms with Gasteiger partial charge in [0.15, 0.2) is 5.78 Å². The van der Waals surface area contributed by atoms with Crippen molar-refractivity contribution in [1.82, 2.24) is 0 Å². The van der Waals surface area contributed by atoms with Crippen LogP contribution in [0.1, 0.15) is 10.4 Å². The number of halogens is 3. The van der Waals surface area contributed by atoms with E-state index in [1.54, 1.807) is 12.1 Å². The van der Waals surface area contributed by atoms with Gasteiger partial charge >= 0.3 is 0 Å². The molecule has 1 aromatic rings. The van der Waals surface area contributed by atoms with Crippen LogP contribution in [0.2, 0.25) is 0 Å². The normalized spacial score (nSPS) is 8.83. The van der Waals surface area contributed by atoms with Gasteiger partial charge in [-0.2, -0.15) is 0 Å². The van der Waals surface area contributed by atoms with Gasteiger partial charge in [-0.25, -0.2) is 0 Å². The van der Waals surface area contributed by atoms with E-state index in [1.165, 1.54) is 0 Å². The van der Waals surface area contributed by atoms with E-state index in [4.69, 9.17) is 0 Å². The first-order valence-electron chi connectivity index (χ1n) is 3.09. The molecule has 1 nitrogen and oxygen atoms in total. The van der Waals surface area contributed by atoms with Gasteiger partial charge in [-0.05, 0) is 12.1 Å². The SMILES string of the molecule is Br.O=C(CBr)c1ccc(Br)cc1. The van der Waals surface area contributed by atoms with Gasteiger partial charge in [0, 0.05) is 10.0 Å². The standard InChI is InChI=1S/C8H6Br2O.BrH/c9-5-8(11)6-1-3-7(10)4-2-6;/h1-4H,5H2;1H. The van der Waals surface area contributed by atoms with Crippen LogP contribution >= 0.6 is 48.8 Å². The molecule has 0 atom stereocenters. The summed E-state index contributed by atoms with van der Waals surface area (Å²) in [5, 5.41) is 0.384. The van der Waals surface area contributed by atoms with Crippen molar-refractivity contribution >= 4 is 54.6 Å². The Morgan fingerprint density at radius 1 is 1.25 bits per heavy atom. The Kier molecular flexibility index (Phi) is 6.05. The van der Waals surface area contributed by atoms with Crippen molar-refractivity contribution in [3.8, 4) is 0 Å². The number of Topliss-reactive ketones (excluding diaryl/α,β-unsaturated/α-hetero) is 1. The maximum Gasteiger partial charge on any atom is 0.173 e. The summed E-state index contributed by atoms with van der Waals surface area (Å²) in [7, 11) is 0. The fourth-order valence-electron chi connectivity index (χ4n) is 0.713. The number of rotatable bonds is 2. The summed E-state index contributed by atoms with van der Waals surface area (Å²) < 4.78 is 0.989. The predicted molar refractivity (Wildman–Crippen MR) is 62.6 cm³/mol. The summed E-state index contributed by atoms with van der Waals surface area (Å²) >= 11 is 6.40. The van der Waals surface area contributed by atoms with Crippen LogP contribution in [0.15, 0.2) is 28.7 Å². The molecule has 66 valence electrons. The fraction of sp³-hybridized carbons (Fsp3) is 0.125. The van der Waals surface area contributed by atoms with E-state index in [-0.39, 0.29) is 22.8 Å². The van der Waals surface area contributed by atoms with Crippen LogP contribution in [-0.4, -0.2) is 11.1 Å². The molecule has 4 heteroatoms. The number of hydrogen-bond acceptors (Lipinski definition) is 1. The molecule has 0 aliphatic carbocycles. The molecule has 0 saturated carbocycles. The minimum absolute atomic E-state index is 0. The number of alkyl halides is 1. The molecule has 0 radical (unpaired) electrons. The van der Waals surface area contributed by atoms with Gasteiger partial charge in [-0.15, -0.1) is 17.0 Å². The van der Waals surface area contributed by atoms with Gasteiger partial charge in [-0.1, -0.05) is 44.0 Å². The molecule has 1 aromatic carbocycles. The lowest BCUT2D eigenvalue weighted by atomic mass is 10.2. The molecule has 12 heavy (non-hydrogen) atoms. The molecule has 0 amide bonds. The molecule has 0 unspecified atom stereocenters. The van der Waals surface area contributed by atoms with Crippen LogP contribution in [0.4, 0.5) is 0 Å². The maximum absolute atomic E-state index is 11.1. The largest absolute Gasteiger partial charge is 0.293 e. The molecule has 1 rings (SSSR count). The molecule has 0 spiro atoms. The molecule has 0 fully saturated rings. The Hall–Kier alpha value is 0.330. The number of carbonyl (C=O) groups is 1. The average Bonchev–Trinajstić information content (AvgIpc) is 2.05. The first-order valence-corrected chi connectivity index (χ1v) is 5.00. The molecule has 0 aromatic heterocycles. The number of benzene rings is 1. The van der Waals surface area contributed by atoms with Crippen molar-refractivity contribution in [1.29, 1.82) is 0 Å². The third kappa shape index (κ3) is 3.37. The van der Waals surface area contributed by atoms with Crippen molar-refractivity contribution in [2.24, 2.45) is 0 Å². The lowest BCUT2D eigenvalue weighted by Crippen LogP contribution is -1.98. The Morgan fingerprint density at radius 2 is 1.75 bits per heavy atom. The molecule has 0 N–H and O–H groups in total. The van der Waals surface area contributed by atoms with Crippen molar-refractivity contribution in [3.63, 3.8) is 0 Å².